The van der Waals surface area contributed by atoms with Crippen LogP contribution in [-0.2, 0) is 0 Å². The van der Waals surface area contributed by atoms with Crippen molar-refractivity contribution >= 4 is 38.9 Å². The molecule has 0 saturated heterocycles. The highest BCUT2D eigenvalue weighted by atomic mass is 79.9. The van der Waals surface area contributed by atoms with E-state index in [4.69, 9.17) is 12.2 Å². The molecule has 1 aliphatic carbocycles. The van der Waals surface area contributed by atoms with Gasteiger partial charge >= 0.3 is 0 Å². The molecule has 2 nitrogen and oxygen atoms in total. The molecule has 16 heavy (non-hydrogen) atoms. The van der Waals surface area contributed by atoms with Crippen molar-refractivity contribution in [2.75, 3.05) is 5.32 Å². The summed E-state index contributed by atoms with van der Waals surface area (Å²) in [7, 11) is 0. The van der Waals surface area contributed by atoms with Gasteiger partial charge in [-0.3, -0.25) is 0 Å². The quantitative estimate of drug-likeness (QED) is 0.819. The first-order valence-corrected chi connectivity index (χ1v) is 6.29. The van der Waals surface area contributed by atoms with Crippen LogP contribution in [0.3, 0.4) is 0 Å². The van der Waals surface area contributed by atoms with Gasteiger partial charge in [-0.2, -0.15) is 0 Å². The van der Waals surface area contributed by atoms with Gasteiger partial charge in [-0.1, -0.05) is 0 Å². The Balaban J connectivity index is 2.07. The van der Waals surface area contributed by atoms with E-state index in [-0.39, 0.29) is 5.82 Å². The SMILES string of the molecule is Cc1cc(Br)c(F)cc1NC(=S)NC1CC1. The molecular formula is C11H12BrFN2S. The number of nitrogens with one attached hydrogen (secondary N) is 2. The first-order valence-electron chi connectivity index (χ1n) is 5.09. The van der Waals surface area contributed by atoms with Gasteiger partial charge in [-0.15, -0.1) is 0 Å². The van der Waals surface area contributed by atoms with E-state index in [0.717, 1.165) is 18.4 Å². The zero-order chi connectivity index (χ0) is 11.7. The van der Waals surface area contributed by atoms with Crippen LogP contribution < -0.4 is 10.6 Å². The van der Waals surface area contributed by atoms with Gasteiger partial charge in [-0.25, -0.2) is 4.39 Å². The van der Waals surface area contributed by atoms with Crippen molar-refractivity contribution in [3.63, 3.8) is 0 Å². The predicted molar refractivity (Wildman–Crippen MR) is 71.2 cm³/mol. The third-order valence-electron chi connectivity index (χ3n) is 2.43. The third-order valence-corrected chi connectivity index (χ3v) is 3.26. The average Bonchev–Trinajstić information content (AvgIpc) is 2.98. The summed E-state index contributed by atoms with van der Waals surface area (Å²) < 4.78 is 13.8. The maximum Gasteiger partial charge on any atom is 0.171 e. The Kier molecular flexibility index (Phi) is 3.44. The molecule has 0 spiro atoms. The second-order valence-electron chi connectivity index (χ2n) is 3.95. The van der Waals surface area contributed by atoms with Crippen molar-refractivity contribution in [3.8, 4) is 0 Å². The Hall–Kier alpha value is -0.680. The number of halogens is 2. The first-order chi connectivity index (χ1) is 7.56. The van der Waals surface area contributed by atoms with Crippen molar-refractivity contribution in [2.45, 2.75) is 25.8 Å². The molecule has 0 aliphatic heterocycles. The summed E-state index contributed by atoms with van der Waals surface area (Å²) in [6, 6.07) is 3.68. The van der Waals surface area contributed by atoms with Gasteiger partial charge in [0.15, 0.2) is 5.11 Å². The Labute approximate surface area is 108 Å². The highest BCUT2D eigenvalue weighted by molar-refractivity contribution is 9.10. The number of benzene rings is 1. The summed E-state index contributed by atoms with van der Waals surface area (Å²) in [5.74, 6) is -0.290. The van der Waals surface area contributed by atoms with Crippen molar-refractivity contribution < 1.29 is 4.39 Å². The minimum absolute atomic E-state index is 0.290. The maximum absolute atomic E-state index is 13.3. The average molecular weight is 303 g/mol. The highest BCUT2D eigenvalue weighted by Crippen LogP contribution is 2.24. The number of anilines is 1. The van der Waals surface area contributed by atoms with Crippen LogP contribution in [0.5, 0.6) is 0 Å². The molecule has 1 aliphatic rings. The molecule has 0 amide bonds. The summed E-state index contributed by atoms with van der Waals surface area (Å²) in [4.78, 5) is 0. The zero-order valence-corrected chi connectivity index (χ0v) is 11.2. The van der Waals surface area contributed by atoms with E-state index in [0.29, 0.717) is 21.3 Å². The third kappa shape index (κ3) is 2.92. The van der Waals surface area contributed by atoms with E-state index in [1.165, 1.54) is 6.07 Å². The van der Waals surface area contributed by atoms with E-state index in [1.54, 1.807) is 6.07 Å². The molecule has 1 aromatic rings. The molecule has 1 fully saturated rings. The number of hydrogen-bond acceptors (Lipinski definition) is 1. The Morgan fingerprint density at radius 3 is 2.81 bits per heavy atom. The molecule has 0 radical (unpaired) electrons. The normalized spacial score (nSPS) is 14.7. The molecule has 5 heteroatoms. The van der Waals surface area contributed by atoms with E-state index in [9.17, 15) is 4.39 Å². The monoisotopic (exact) mass is 302 g/mol. The van der Waals surface area contributed by atoms with Gasteiger partial charge in [0.2, 0.25) is 0 Å². The molecule has 1 aromatic carbocycles. The van der Waals surface area contributed by atoms with Crippen LogP contribution in [0.15, 0.2) is 16.6 Å². The van der Waals surface area contributed by atoms with Crippen molar-refractivity contribution in [1.29, 1.82) is 0 Å². The maximum atomic E-state index is 13.3. The topological polar surface area (TPSA) is 24.1 Å². The van der Waals surface area contributed by atoms with E-state index in [2.05, 4.69) is 26.6 Å². The Morgan fingerprint density at radius 1 is 1.50 bits per heavy atom. The van der Waals surface area contributed by atoms with Gasteiger partial charge in [0.05, 0.1) is 4.47 Å². The molecule has 0 atom stereocenters. The lowest BCUT2D eigenvalue weighted by atomic mass is 10.2. The molecule has 2 rings (SSSR count). The molecule has 2 N–H and O–H groups in total. The molecule has 1 saturated carbocycles. The minimum Gasteiger partial charge on any atom is -0.360 e. The fraction of sp³-hybridized carbons (Fsp3) is 0.364. The van der Waals surface area contributed by atoms with Crippen LogP contribution in [0.1, 0.15) is 18.4 Å². The molecule has 0 heterocycles. The van der Waals surface area contributed by atoms with Crippen molar-refractivity contribution in [2.24, 2.45) is 0 Å². The fourth-order valence-electron chi connectivity index (χ4n) is 1.35. The molecular weight excluding hydrogens is 291 g/mol. The highest BCUT2D eigenvalue weighted by Gasteiger charge is 2.21. The zero-order valence-electron chi connectivity index (χ0n) is 8.81. The van der Waals surface area contributed by atoms with Gasteiger partial charge in [0.1, 0.15) is 5.82 Å². The largest absolute Gasteiger partial charge is 0.360 e. The summed E-state index contributed by atoms with van der Waals surface area (Å²) in [5.41, 5.74) is 1.66. The second kappa shape index (κ2) is 4.67. The first kappa shape index (κ1) is 11.8. The molecule has 0 aromatic heterocycles. The van der Waals surface area contributed by atoms with E-state index in [1.807, 2.05) is 6.92 Å². The fourth-order valence-corrected chi connectivity index (χ4v) is 2.09. The standard InChI is InChI=1S/C11H12BrFN2S/c1-6-4-8(12)9(13)5-10(6)15-11(16)14-7-2-3-7/h4-5,7H,2-3H2,1H3,(H2,14,15,16). The molecule has 86 valence electrons. The number of thiocarbonyl (C=S) groups is 1. The Morgan fingerprint density at radius 2 is 2.19 bits per heavy atom. The minimum atomic E-state index is -0.290. The molecule has 0 bridgehead atoms. The van der Waals surface area contributed by atoms with Gasteiger partial charge < -0.3 is 10.6 Å². The summed E-state index contributed by atoms with van der Waals surface area (Å²) in [6.07, 6.45) is 2.32. The van der Waals surface area contributed by atoms with Gasteiger partial charge in [-0.05, 0) is 65.6 Å². The summed E-state index contributed by atoms with van der Waals surface area (Å²) in [6.45, 7) is 1.91. The summed E-state index contributed by atoms with van der Waals surface area (Å²) in [5, 5.41) is 6.72. The van der Waals surface area contributed by atoms with Crippen molar-refractivity contribution in [1.82, 2.24) is 5.32 Å². The van der Waals surface area contributed by atoms with Crippen LogP contribution in [0.2, 0.25) is 0 Å². The van der Waals surface area contributed by atoms with Crippen LogP contribution in [0.25, 0.3) is 0 Å². The second-order valence-corrected chi connectivity index (χ2v) is 5.22. The number of aryl methyl sites for hydroxylation is 1. The van der Waals surface area contributed by atoms with Gasteiger partial charge in [0, 0.05) is 11.7 Å². The lowest BCUT2D eigenvalue weighted by Crippen LogP contribution is -2.30. The van der Waals surface area contributed by atoms with Crippen LogP contribution in [-0.4, -0.2) is 11.2 Å². The van der Waals surface area contributed by atoms with Crippen LogP contribution in [0.4, 0.5) is 10.1 Å². The molecule has 0 unspecified atom stereocenters. The van der Waals surface area contributed by atoms with Gasteiger partial charge in [0.25, 0.3) is 0 Å². The Bertz CT molecular complexity index is 432. The van der Waals surface area contributed by atoms with Crippen molar-refractivity contribution in [3.05, 3.63) is 28.0 Å². The predicted octanol–water partition coefficient (Wildman–Crippen LogP) is 3.35. The number of hydrogen-bond donors (Lipinski definition) is 2. The van der Waals surface area contributed by atoms with E-state index >= 15 is 0 Å². The lowest BCUT2D eigenvalue weighted by Gasteiger charge is -2.12. The number of rotatable bonds is 2. The van der Waals surface area contributed by atoms with Crippen LogP contribution >= 0.6 is 28.1 Å². The smallest absolute Gasteiger partial charge is 0.171 e. The van der Waals surface area contributed by atoms with E-state index < -0.39 is 0 Å². The lowest BCUT2D eigenvalue weighted by molar-refractivity contribution is 0.621. The summed E-state index contributed by atoms with van der Waals surface area (Å²) >= 11 is 8.28. The van der Waals surface area contributed by atoms with Crippen LogP contribution in [0, 0.1) is 12.7 Å².